The first-order valence-electron chi connectivity index (χ1n) is 9.93. The summed E-state index contributed by atoms with van der Waals surface area (Å²) in [6, 6.07) is 17.5. The quantitative estimate of drug-likeness (QED) is 0.719. The molecule has 1 saturated heterocycles. The summed E-state index contributed by atoms with van der Waals surface area (Å²) in [6.07, 6.45) is 7.54. The van der Waals surface area contributed by atoms with Crippen molar-refractivity contribution in [2.24, 2.45) is 5.41 Å². The van der Waals surface area contributed by atoms with Crippen LogP contribution in [0.15, 0.2) is 77.2 Å². The highest BCUT2D eigenvalue weighted by Gasteiger charge is 2.44. The molecule has 2 aromatic carbocycles. The maximum atomic E-state index is 13.3. The van der Waals surface area contributed by atoms with E-state index in [0.29, 0.717) is 18.0 Å². The number of aryl methyl sites for hydroxylation is 1. The molecule has 28 heavy (non-hydrogen) atoms. The Labute approximate surface area is 168 Å². The molecule has 0 radical (unpaired) electrons. The molecule has 2 aliphatic rings. The summed E-state index contributed by atoms with van der Waals surface area (Å²) in [5, 5.41) is 0. The maximum Gasteiger partial charge on any atom is 0.243 e. The zero-order valence-electron chi connectivity index (χ0n) is 16.6. The molecular formula is C24H27NO2S. The summed E-state index contributed by atoms with van der Waals surface area (Å²) in [5.41, 5.74) is 4.52. The maximum absolute atomic E-state index is 13.3. The van der Waals surface area contributed by atoms with Gasteiger partial charge in [-0.05, 0) is 55.0 Å². The van der Waals surface area contributed by atoms with Gasteiger partial charge in [0, 0.05) is 18.5 Å². The Hall–Kier alpha value is -2.17. The van der Waals surface area contributed by atoms with E-state index in [1.165, 1.54) is 11.1 Å². The topological polar surface area (TPSA) is 37.4 Å². The van der Waals surface area contributed by atoms with E-state index in [0.717, 1.165) is 30.4 Å². The van der Waals surface area contributed by atoms with Gasteiger partial charge >= 0.3 is 0 Å². The second-order valence-corrected chi connectivity index (χ2v) is 10.1. The summed E-state index contributed by atoms with van der Waals surface area (Å²) in [6.45, 7) is 5.21. The minimum absolute atomic E-state index is 0.131. The lowest BCUT2D eigenvalue weighted by Gasteiger charge is -2.28. The Balaban J connectivity index is 1.79. The molecular weight excluding hydrogens is 366 g/mol. The molecule has 0 spiro atoms. The van der Waals surface area contributed by atoms with E-state index < -0.39 is 10.0 Å². The second kappa shape index (κ2) is 7.34. The van der Waals surface area contributed by atoms with E-state index in [9.17, 15) is 8.42 Å². The first kappa shape index (κ1) is 19.2. The van der Waals surface area contributed by atoms with Gasteiger partial charge < -0.3 is 0 Å². The normalized spacial score (nSPS) is 27.1. The van der Waals surface area contributed by atoms with Crippen LogP contribution in [0, 0.1) is 12.3 Å². The molecule has 146 valence electrons. The van der Waals surface area contributed by atoms with Crippen molar-refractivity contribution in [2.45, 2.75) is 38.0 Å². The highest BCUT2D eigenvalue weighted by Crippen LogP contribution is 2.46. The van der Waals surface area contributed by atoms with Crippen molar-refractivity contribution < 1.29 is 8.42 Å². The van der Waals surface area contributed by atoms with E-state index in [-0.39, 0.29) is 5.41 Å². The van der Waals surface area contributed by atoms with Gasteiger partial charge in [-0.3, -0.25) is 0 Å². The van der Waals surface area contributed by atoms with Gasteiger partial charge in [-0.1, -0.05) is 67.1 Å². The zero-order chi connectivity index (χ0) is 19.8. The monoisotopic (exact) mass is 393 g/mol. The predicted molar refractivity (Wildman–Crippen MR) is 114 cm³/mol. The van der Waals surface area contributed by atoms with Crippen LogP contribution in [0.3, 0.4) is 0 Å². The Kier molecular flexibility index (Phi) is 5.02. The predicted octanol–water partition coefficient (Wildman–Crippen LogP) is 5.20. The van der Waals surface area contributed by atoms with Gasteiger partial charge in [0.15, 0.2) is 0 Å². The van der Waals surface area contributed by atoms with Crippen LogP contribution >= 0.6 is 0 Å². The summed E-state index contributed by atoms with van der Waals surface area (Å²) in [7, 11) is -3.51. The van der Waals surface area contributed by atoms with Crippen molar-refractivity contribution in [1.29, 1.82) is 0 Å². The van der Waals surface area contributed by atoms with Crippen molar-refractivity contribution in [3.05, 3.63) is 83.4 Å². The third-order valence-electron chi connectivity index (χ3n) is 6.04. The van der Waals surface area contributed by atoms with E-state index in [4.69, 9.17) is 0 Å². The van der Waals surface area contributed by atoms with E-state index >= 15 is 0 Å². The van der Waals surface area contributed by atoms with Gasteiger partial charge in [-0.2, -0.15) is 4.31 Å². The van der Waals surface area contributed by atoms with Gasteiger partial charge in [0.05, 0.1) is 4.90 Å². The smallest absolute Gasteiger partial charge is 0.207 e. The molecule has 0 saturated carbocycles. The largest absolute Gasteiger partial charge is 0.243 e. The fourth-order valence-corrected chi connectivity index (χ4v) is 5.91. The molecule has 1 atom stereocenters. The number of rotatable bonds is 3. The average molecular weight is 394 g/mol. The Morgan fingerprint density at radius 1 is 1.00 bits per heavy atom. The molecule has 2 aromatic rings. The van der Waals surface area contributed by atoms with Crippen molar-refractivity contribution in [3.8, 4) is 0 Å². The Morgan fingerprint density at radius 3 is 2.43 bits per heavy atom. The number of hydrogen-bond donors (Lipinski definition) is 0. The van der Waals surface area contributed by atoms with Crippen LogP contribution < -0.4 is 0 Å². The second-order valence-electron chi connectivity index (χ2n) is 8.20. The summed E-state index contributed by atoms with van der Waals surface area (Å²) in [5.74, 6) is 0. The van der Waals surface area contributed by atoms with Crippen molar-refractivity contribution >= 4 is 15.6 Å². The van der Waals surface area contributed by atoms with Crippen LogP contribution in [0.1, 0.15) is 37.3 Å². The highest BCUT2D eigenvalue weighted by atomic mass is 32.2. The van der Waals surface area contributed by atoms with Gasteiger partial charge in [-0.15, -0.1) is 0 Å². The number of allylic oxidation sites excluding steroid dienone is 3. The average Bonchev–Trinajstić information content (AvgIpc) is 3.01. The van der Waals surface area contributed by atoms with Crippen molar-refractivity contribution in [2.75, 3.05) is 13.1 Å². The number of hydrogen-bond acceptors (Lipinski definition) is 2. The molecule has 1 aliphatic heterocycles. The Morgan fingerprint density at radius 2 is 1.71 bits per heavy atom. The lowest BCUT2D eigenvalue weighted by atomic mass is 9.76. The minimum atomic E-state index is -3.51. The van der Waals surface area contributed by atoms with Crippen LogP contribution in [0.4, 0.5) is 0 Å². The molecule has 0 N–H and O–H groups in total. The summed E-state index contributed by atoms with van der Waals surface area (Å²) >= 11 is 0. The molecule has 4 rings (SSSR count). The summed E-state index contributed by atoms with van der Waals surface area (Å²) < 4.78 is 28.3. The number of nitrogens with zero attached hydrogens (tertiary/aromatic N) is 1. The molecule has 0 bridgehead atoms. The first-order valence-corrected chi connectivity index (χ1v) is 11.4. The van der Waals surface area contributed by atoms with Crippen LogP contribution in [0.25, 0.3) is 5.57 Å². The third-order valence-corrected chi connectivity index (χ3v) is 7.85. The standard InChI is InChI=1S/C24H27NO2S/c1-19-12-14-21(15-13-19)28(26,27)25-17-23-22(20-9-5-3-6-10-20)11-7-4-8-16-24(23,2)18-25/h3,5-7,9-15H,4,8,16-18H2,1-2H3/b11-7-,23-22+/t24-/m0/s1. The number of fused-ring (bicyclic) bond motifs is 1. The van der Waals surface area contributed by atoms with Crippen LogP contribution in [-0.4, -0.2) is 25.8 Å². The molecule has 3 nitrogen and oxygen atoms in total. The molecule has 4 heteroatoms. The fourth-order valence-electron chi connectivity index (χ4n) is 4.38. The molecule has 0 unspecified atom stereocenters. The lowest BCUT2D eigenvalue weighted by molar-refractivity contribution is 0.343. The lowest BCUT2D eigenvalue weighted by Crippen LogP contribution is -2.31. The fraction of sp³-hybridized carbons (Fsp3) is 0.333. The highest BCUT2D eigenvalue weighted by molar-refractivity contribution is 7.89. The molecule has 0 amide bonds. The first-order chi connectivity index (χ1) is 13.4. The van der Waals surface area contributed by atoms with E-state index in [1.807, 2.05) is 37.3 Å². The Bertz CT molecular complexity index is 1020. The summed E-state index contributed by atoms with van der Waals surface area (Å²) in [4.78, 5) is 0.383. The van der Waals surface area contributed by atoms with E-state index in [2.05, 4.69) is 31.2 Å². The molecule has 1 aliphatic carbocycles. The SMILES string of the molecule is Cc1ccc(S(=O)(=O)N2C/C3=C(c4ccccc4)/C=C\CCC[C@@]3(C)C2)cc1. The third kappa shape index (κ3) is 3.47. The van der Waals surface area contributed by atoms with Gasteiger partial charge in [0.25, 0.3) is 0 Å². The van der Waals surface area contributed by atoms with Crippen LogP contribution in [0.5, 0.6) is 0 Å². The minimum Gasteiger partial charge on any atom is -0.207 e. The van der Waals surface area contributed by atoms with Crippen LogP contribution in [0.2, 0.25) is 0 Å². The van der Waals surface area contributed by atoms with Crippen molar-refractivity contribution in [1.82, 2.24) is 4.31 Å². The zero-order valence-corrected chi connectivity index (χ0v) is 17.4. The van der Waals surface area contributed by atoms with Crippen LogP contribution in [-0.2, 0) is 10.0 Å². The van der Waals surface area contributed by atoms with Gasteiger partial charge in [-0.25, -0.2) is 8.42 Å². The number of benzene rings is 2. The van der Waals surface area contributed by atoms with Crippen molar-refractivity contribution in [3.63, 3.8) is 0 Å². The molecule has 1 fully saturated rings. The number of sulfonamides is 1. The molecule has 0 aromatic heterocycles. The van der Waals surface area contributed by atoms with Gasteiger partial charge in [0.2, 0.25) is 10.0 Å². The molecule has 1 heterocycles. The van der Waals surface area contributed by atoms with E-state index in [1.54, 1.807) is 16.4 Å². The van der Waals surface area contributed by atoms with Gasteiger partial charge in [0.1, 0.15) is 0 Å².